The van der Waals surface area contributed by atoms with E-state index in [0.29, 0.717) is 25.9 Å². The van der Waals surface area contributed by atoms with Crippen molar-refractivity contribution in [1.29, 1.82) is 0 Å². The number of halogens is 2. The lowest BCUT2D eigenvalue weighted by atomic mass is 10.2. The molecule has 0 bridgehead atoms. The van der Waals surface area contributed by atoms with Gasteiger partial charge in [0.05, 0.1) is 27.7 Å². The molecule has 0 unspecified atom stereocenters. The van der Waals surface area contributed by atoms with Crippen LogP contribution < -0.4 is 10.1 Å². The van der Waals surface area contributed by atoms with E-state index < -0.39 is 15.9 Å². The molecule has 30 heavy (non-hydrogen) atoms. The summed E-state index contributed by atoms with van der Waals surface area (Å²) in [6, 6.07) is 6.80. The lowest BCUT2D eigenvalue weighted by Crippen LogP contribution is -2.32. The van der Waals surface area contributed by atoms with Crippen molar-refractivity contribution in [3.05, 3.63) is 45.9 Å². The average molecular weight is 475 g/mol. The van der Waals surface area contributed by atoms with Gasteiger partial charge in [-0.1, -0.05) is 37.0 Å². The molecule has 2 N–H and O–H groups in total. The van der Waals surface area contributed by atoms with Gasteiger partial charge in [-0.2, -0.15) is 4.31 Å². The Kier molecular flexibility index (Phi) is 8.37. The molecule has 1 amide bonds. The summed E-state index contributed by atoms with van der Waals surface area (Å²) in [6.07, 6.45) is 1.36. The highest BCUT2D eigenvalue weighted by Crippen LogP contribution is 2.34. The van der Waals surface area contributed by atoms with Gasteiger partial charge in [-0.15, -0.1) is 0 Å². The van der Waals surface area contributed by atoms with Gasteiger partial charge in [-0.3, -0.25) is 4.79 Å². The Morgan fingerprint density at radius 1 is 1.10 bits per heavy atom. The number of hydrogen-bond donors (Lipinski definition) is 2. The minimum atomic E-state index is -3.74. The van der Waals surface area contributed by atoms with Gasteiger partial charge in [0.25, 0.3) is 5.91 Å². The van der Waals surface area contributed by atoms with Gasteiger partial charge < -0.3 is 15.2 Å². The SMILES string of the molecule is CCCN(CCC)S(=O)(=O)c1ccc(OC)c(NC(=O)c2cc(Cl)c(O)c(Cl)c2)c1. The van der Waals surface area contributed by atoms with Gasteiger partial charge in [-0.25, -0.2) is 8.42 Å². The number of rotatable bonds is 9. The third kappa shape index (κ3) is 5.37. The molecule has 0 radical (unpaired) electrons. The number of sulfonamides is 1. The van der Waals surface area contributed by atoms with Crippen molar-refractivity contribution in [2.24, 2.45) is 0 Å². The molecule has 0 aliphatic carbocycles. The second-order valence-corrected chi connectivity index (χ2v) is 9.26. The zero-order valence-electron chi connectivity index (χ0n) is 16.9. The van der Waals surface area contributed by atoms with E-state index in [0.717, 1.165) is 0 Å². The zero-order valence-corrected chi connectivity index (χ0v) is 19.2. The summed E-state index contributed by atoms with van der Waals surface area (Å²) in [6.45, 7) is 4.61. The molecular weight excluding hydrogens is 451 g/mol. The Morgan fingerprint density at radius 2 is 1.67 bits per heavy atom. The Balaban J connectivity index is 2.42. The van der Waals surface area contributed by atoms with E-state index in [9.17, 15) is 18.3 Å². The predicted molar refractivity (Wildman–Crippen MR) is 118 cm³/mol. The van der Waals surface area contributed by atoms with Crippen LogP contribution in [0, 0.1) is 0 Å². The molecule has 2 aromatic rings. The van der Waals surface area contributed by atoms with Crippen molar-refractivity contribution in [3.8, 4) is 11.5 Å². The van der Waals surface area contributed by atoms with Crippen LogP contribution in [0.25, 0.3) is 0 Å². The number of amides is 1. The van der Waals surface area contributed by atoms with Crippen molar-refractivity contribution < 1.29 is 23.1 Å². The second kappa shape index (κ2) is 10.3. The maximum absolute atomic E-state index is 13.1. The first kappa shape index (κ1) is 24.3. The number of hydrogen-bond acceptors (Lipinski definition) is 5. The number of ether oxygens (including phenoxy) is 1. The van der Waals surface area contributed by atoms with Crippen LogP contribution in [-0.4, -0.2) is 43.9 Å². The van der Waals surface area contributed by atoms with Crippen LogP contribution in [0.3, 0.4) is 0 Å². The largest absolute Gasteiger partial charge is 0.505 e. The van der Waals surface area contributed by atoms with Crippen LogP contribution in [0.4, 0.5) is 5.69 Å². The minimum Gasteiger partial charge on any atom is -0.505 e. The van der Waals surface area contributed by atoms with Crippen LogP contribution >= 0.6 is 23.2 Å². The standard InChI is InChI=1S/C20H24Cl2N2O5S/c1-4-8-24(9-5-2)30(27,28)14-6-7-18(29-3)17(12-14)23-20(26)13-10-15(21)19(25)16(22)11-13/h6-7,10-12,25H,4-5,8-9H2,1-3H3,(H,23,26). The van der Waals surface area contributed by atoms with Crippen LogP contribution in [0.15, 0.2) is 35.2 Å². The molecule has 0 saturated heterocycles. The van der Waals surface area contributed by atoms with Crippen molar-refractivity contribution >= 4 is 44.8 Å². The van der Waals surface area contributed by atoms with Crippen molar-refractivity contribution in [3.63, 3.8) is 0 Å². The maximum atomic E-state index is 13.1. The zero-order chi connectivity index (χ0) is 22.5. The molecule has 7 nitrogen and oxygen atoms in total. The summed E-state index contributed by atoms with van der Waals surface area (Å²) in [4.78, 5) is 12.7. The van der Waals surface area contributed by atoms with E-state index in [1.807, 2.05) is 13.8 Å². The Morgan fingerprint density at radius 3 is 2.17 bits per heavy atom. The van der Waals surface area contributed by atoms with Crippen LogP contribution in [0.1, 0.15) is 37.0 Å². The fourth-order valence-corrected chi connectivity index (χ4v) is 4.97. The lowest BCUT2D eigenvalue weighted by Gasteiger charge is -2.22. The molecule has 0 heterocycles. The van der Waals surface area contributed by atoms with E-state index in [2.05, 4.69) is 5.32 Å². The number of carbonyl (C=O) groups excluding carboxylic acids is 1. The summed E-state index contributed by atoms with van der Waals surface area (Å²) in [7, 11) is -2.33. The van der Waals surface area contributed by atoms with E-state index in [4.69, 9.17) is 27.9 Å². The molecule has 0 aliphatic heterocycles. The van der Waals surface area contributed by atoms with Gasteiger partial charge in [-0.05, 0) is 43.2 Å². The summed E-state index contributed by atoms with van der Waals surface area (Å²) in [5.74, 6) is -0.631. The first-order chi connectivity index (χ1) is 14.1. The van der Waals surface area contributed by atoms with Crippen LogP contribution in [0.2, 0.25) is 10.0 Å². The van der Waals surface area contributed by atoms with Crippen molar-refractivity contribution in [1.82, 2.24) is 4.31 Å². The number of phenols is 1. The smallest absolute Gasteiger partial charge is 0.255 e. The molecule has 0 saturated carbocycles. The molecule has 10 heteroatoms. The molecule has 164 valence electrons. The van der Waals surface area contributed by atoms with Gasteiger partial charge in [0.15, 0.2) is 5.75 Å². The number of nitrogens with one attached hydrogen (secondary N) is 1. The molecule has 2 rings (SSSR count). The van der Waals surface area contributed by atoms with E-state index in [1.165, 1.54) is 41.7 Å². The molecule has 0 spiro atoms. The minimum absolute atomic E-state index is 0.0438. The number of carbonyl (C=O) groups is 1. The van der Waals surface area contributed by atoms with Crippen LogP contribution in [-0.2, 0) is 10.0 Å². The Bertz CT molecular complexity index is 999. The Labute approximate surface area is 186 Å². The number of nitrogens with zero attached hydrogens (tertiary/aromatic N) is 1. The van der Waals surface area contributed by atoms with Crippen LogP contribution in [0.5, 0.6) is 11.5 Å². The molecule has 0 aliphatic rings. The highest BCUT2D eigenvalue weighted by atomic mass is 35.5. The monoisotopic (exact) mass is 474 g/mol. The average Bonchev–Trinajstić information content (AvgIpc) is 2.71. The first-order valence-corrected chi connectivity index (χ1v) is 11.5. The maximum Gasteiger partial charge on any atom is 0.255 e. The van der Waals surface area contributed by atoms with Gasteiger partial charge in [0.1, 0.15) is 5.75 Å². The number of aromatic hydroxyl groups is 1. The Hall–Kier alpha value is -2.00. The van der Waals surface area contributed by atoms with E-state index in [-0.39, 0.29) is 37.7 Å². The number of methoxy groups -OCH3 is 1. The second-order valence-electron chi connectivity index (χ2n) is 6.51. The van der Waals surface area contributed by atoms with Crippen molar-refractivity contribution in [2.75, 3.05) is 25.5 Å². The molecule has 0 fully saturated rings. The summed E-state index contributed by atoms with van der Waals surface area (Å²) >= 11 is 11.8. The van der Waals surface area contributed by atoms with Gasteiger partial charge >= 0.3 is 0 Å². The highest BCUT2D eigenvalue weighted by molar-refractivity contribution is 7.89. The highest BCUT2D eigenvalue weighted by Gasteiger charge is 2.25. The number of benzene rings is 2. The number of phenolic OH excluding ortho intramolecular Hbond substituents is 1. The summed E-state index contributed by atoms with van der Waals surface area (Å²) in [5.41, 5.74) is 0.272. The fourth-order valence-electron chi connectivity index (χ4n) is 2.84. The normalized spacial score (nSPS) is 11.5. The number of anilines is 1. The molecule has 0 aromatic heterocycles. The molecule has 2 aromatic carbocycles. The first-order valence-electron chi connectivity index (χ1n) is 9.33. The summed E-state index contributed by atoms with van der Waals surface area (Å²) < 4.78 is 32.8. The quantitative estimate of drug-likeness (QED) is 0.545. The van der Waals surface area contributed by atoms with E-state index in [1.54, 1.807) is 0 Å². The lowest BCUT2D eigenvalue weighted by molar-refractivity contribution is 0.102. The van der Waals surface area contributed by atoms with Crippen molar-refractivity contribution in [2.45, 2.75) is 31.6 Å². The van der Waals surface area contributed by atoms with Gasteiger partial charge in [0, 0.05) is 18.7 Å². The summed E-state index contributed by atoms with van der Waals surface area (Å²) in [5, 5.41) is 12.1. The third-order valence-electron chi connectivity index (χ3n) is 4.28. The van der Waals surface area contributed by atoms with E-state index >= 15 is 0 Å². The fraction of sp³-hybridized carbons (Fsp3) is 0.350. The molecular formula is C20H24Cl2N2O5S. The molecule has 0 atom stereocenters. The topological polar surface area (TPSA) is 95.9 Å². The van der Waals surface area contributed by atoms with Gasteiger partial charge in [0.2, 0.25) is 10.0 Å². The predicted octanol–water partition coefficient (Wildman–Crippen LogP) is 4.77. The third-order valence-corrected chi connectivity index (χ3v) is 6.75.